The van der Waals surface area contributed by atoms with Crippen LogP contribution in [0.1, 0.15) is 16.1 Å². The van der Waals surface area contributed by atoms with Gasteiger partial charge >= 0.3 is 0 Å². The molecule has 0 N–H and O–H groups in total. The second kappa shape index (κ2) is 6.93. The lowest BCUT2D eigenvalue weighted by Crippen LogP contribution is -2.57. The summed E-state index contributed by atoms with van der Waals surface area (Å²) in [4.78, 5) is 22.2. The predicted molar refractivity (Wildman–Crippen MR) is 75.1 cm³/mol. The Labute approximate surface area is 124 Å². The number of hydrogen-bond acceptors (Lipinski definition) is 6. The molecule has 1 aromatic heterocycles. The third-order valence-electron chi connectivity index (χ3n) is 3.85. The number of methoxy groups -OCH3 is 2. The molecule has 21 heavy (non-hydrogen) atoms. The smallest absolute Gasteiger partial charge is 0.257 e. The highest BCUT2D eigenvalue weighted by atomic mass is 16.6. The molecule has 0 bridgehead atoms. The van der Waals surface area contributed by atoms with E-state index in [1.54, 1.807) is 33.1 Å². The fourth-order valence-corrected chi connectivity index (χ4v) is 2.53. The lowest BCUT2D eigenvalue weighted by molar-refractivity contribution is -0.147. The number of aromatic nitrogens is 2. The zero-order chi connectivity index (χ0) is 15.4. The van der Waals surface area contributed by atoms with Crippen molar-refractivity contribution in [3.8, 4) is 0 Å². The van der Waals surface area contributed by atoms with E-state index in [2.05, 4.69) is 9.97 Å². The summed E-state index contributed by atoms with van der Waals surface area (Å²) in [5.74, 6) is -0.152. The van der Waals surface area contributed by atoms with Gasteiger partial charge in [-0.3, -0.25) is 4.79 Å². The van der Waals surface area contributed by atoms with Gasteiger partial charge in [-0.1, -0.05) is 0 Å². The Morgan fingerprint density at radius 1 is 1.38 bits per heavy atom. The monoisotopic (exact) mass is 295 g/mol. The van der Waals surface area contributed by atoms with E-state index < -0.39 is 0 Å². The van der Waals surface area contributed by atoms with Gasteiger partial charge in [-0.2, -0.15) is 0 Å². The molecular formula is C14H21N3O4. The van der Waals surface area contributed by atoms with Gasteiger partial charge in [0.05, 0.1) is 30.5 Å². The standard InChI is InChI=1S/C14H21N3O4/c1-9-10(5-15-8-16-9)14(18)17(2)11-6-21-7-12(19-3)13(11)20-4/h5,8,11-13H,6-7H2,1-4H3/t11-,12-,13+/m1/s1. The van der Waals surface area contributed by atoms with E-state index in [-0.39, 0.29) is 24.2 Å². The van der Waals surface area contributed by atoms with Crippen LogP contribution in [0.2, 0.25) is 0 Å². The quantitative estimate of drug-likeness (QED) is 0.794. The van der Waals surface area contributed by atoms with E-state index in [1.165, 1.54) is 12.5 Å². The molecule has 1 aliphatic heterocycles. The van der Waals surface area contributed by atoms with Crippen LogP contribution in [-0.4, -0.2) is 73.5 Å². The SMILES string of the molecule is CO[C@H]1[C@H](N(C)C(=O)c2cncnc2C)COC[C@H]1OC. The molecule has 2 rings (SSSR count). The molecule has 1 aromatic rings. The van der Waals surface area contributed by atoms with Crippen LogP contribution in [0.5, 0.6) is 0 Å². The minimum Gasteiger partial charge on any atom is -0.376 e. The first-order chi connectivity index (χ1) is 10.1. The van der Waals surface area contributed by atoms with Crippen LogP contribution in [0.25, 0.3) is 0 Å². The molecule has 7 heteroatoms. The van der Waals surface area contributed by atoms with Gasteiger partial charge in [-0.25, -0.2) is 9.97 Å². The van der Waals surface area contributed by atoms with E-state index in [4.69, 9.17) is 14.2 Å². The maximum atomic E-state index is 12.6. The maximum absolute atomic E-state index is 12.6. The van der Waals surface area contributed by atoms with Crippen LogP contribution in [0.4, 0.5) is 0 Å². The molecule has 1 amide bonds. The molecule has 7 nitrogen and oxygen atoms in total. The lowest BCUT2D eigenvalue weighted by atomic mass is 10.0. The molecule has 0 saturated carbocycles. The van der Waals surface area contributed by atoms with E-state index in [0.29, 0.717) is 24.5 Å². The molecule has 0 radical (unpaired) electrons. The third-order valence-corrected chi connectivity index (χ3v) is 3.85. The Morgan fingerprint density at radius 2 is 2.14 bits per heavy atom. The Kier molecular flexibility index (Phi) is 5.22. The molecule has 0 aromatic carbocycles. The third kappa shape index (κ3) is 3.20. The van der Waals surface area contributed by atoms with Crippen molar-refractivity contribution < 1.29 is 19.0 Å². The molecule has 0 unspecified atom stereocenters. The van der Waals surface area contributed by atoms with Gasteiger partial charge in [-0.15, -0.1) is 0 Å². The van der Waals surface area contributed by atoms with E-state index in [0.717, 1.165) is 0 Å². The molecule has 2 heterocycles. The number of carbonyl (C=O) groups excluding carboxylic acids is 1. The predicted octanol–water partition coefficient (Wildman–Crippen LogP) is 0.286. The van der Waals surface area contributed by atoms with Gasteiger partial charge in [0.1, 0.15) is 18.5 Å². The first-order valence-corrected chi connectivity index (χ1v) is 6.77. The number of hydrogen-bond donors (Lipinski definition) is 0. The van der Waals surface area contributed by atoms with Gasteiger partial charge in [0.15, 0.2) is 0 Å². The van der Waals surface area contributed by atoms with Gasteiger partial charge < -0.3 is 19.1 Å². The molecule has 0 aliphatic carbocycles. The molecule has 116 valence electrons. The Bertz CT molecular complexity index is 497. The van der Waals surface area contributed by atoms with Crippen LogP contribution in [0.3, 0.4) is 0 Å². The van der Waals surface area contributed by atoms with Gasteiger partial charge in [0.2, 0.25) is 0 Å². The summed E-state index contributed by atoms with van der Waals surface area (Å²) in [6, 6.07) is -0.221. The molecule has 1 aliphatic rings. The molecule has 1 fully saturated rings. The number of carbonyl (C=O) groups is 1. The maximum Gasteiger partial charge on any atom is 0.257 e. The van der Waals surface area contributed by atoms with Crippen LogP contribution in [0, 0.1) is 6.92 Å². The van der Waals surface area contributed by atoms with Crippen molar-refractivity contribution >= 4 is 5.91 Å². The number of nitrogens with zero attached hydrogens (tertiary/aromatic N) is 3. The number of likely N-dealkylation sites (N-methyl/N-ethyl adjacent to an activating group) is 1. The summed E-state index contributed by atoms with van der Waals surface area (Å²) in [5.41, 5.74) is 1.13. The highest BCUT2D eigenvalue weighted by molar-refractivity contribution is 5.95. The van der Waals surface area contributed by atoms with Gasteiger partial charge in [0.25, 0.3) is 5.91 Å². The molecule has 0 spiro atoms. The van der Waals surface area contributed by atoms with Crippen LogP contribution < -0.4 is 0 Å². The van der Waals surface area contributed by atoms with E-state index >= 15 is 0 Å². The van der Waals surface area contributed by atoms with E-state index in [9.17, 15) is 4.79 Å². The highest BCUT2D eigenvalue weighted by Crippen LogP contribution is 2.20. The number of ether oxygens (including phenoxy) is 3. The average Bonchev–Trinajstić information content (AvgIpc) is 2.53. The van der Waals surface area contributed by atoms with Crippen molar-refractivity contribution in [3.05, 3.63) is 23.8 Å². The Balaban J connectivity index is 2.19. The van der Waals surface area contributed by atoms with Crippen LogP contribution in [-0.2, 0) is 14.2 Å². The molecule has 3 atom stereocenters. The second-order valence-electron chi connectivity index (χ2n) is 5.02. The molecular weight excluding hydrogens is 274 g/mol. The average molecular weight is 295 g/mol. The first kappa shape index (κ1) is 15.8. The van der Waals surface area contributed by atoms with Crippen LogP contribution >= 0.6 is 0 Å². The largest absolute Gasteiger partial charge is 0.376 e. The topological polar surface area (TPSA) is 73.8 Å². The van der Waals surface area contributed by atoms with Crippen molar-refractivity contribution in [2.75, 3.05) is 34.5 Å². The van der Waals surface area contributed by atoms with Crippen molar-refractivity contribution in [2.24, 2.45) is 0 Å². The number of aryl methyl sites for hydroxylation is 1. The number of rotatable bonds is 4. The highest BCUT2D eigenvalue weighted by Gasteiger charge is 2.39. The Morgan fingerprint density at radius 3 is 2.76 bits per heavy atom. The second-order valence-corrected chi connectivity index (χ2v) is 5.02. The Hall–Kier alpha value is -1.57. The zero-order valence-corrected chi connectivity index (χ0v) is 12.8. The summed E-state index contributed by atoms with van der Waals surface area (Å²) < 4.78 is 16.4. The van der Waals surface area contributed by atoms with E-state index in [1.807, 2.05) is 0 Å². The fourth-order valence-electron chi connectivity index (χ4n) is 2.53. The van der Waals surface area contributed by atoms with Crippen molar-refractivity contribution in [2.45, 2.75) is 25.2 Å². The summed E-state index contributed by atoms with van der Waals surface area (Å²) in [7, 11) is 4.95. The number of amides is 1. The van der Waals surface area contributed by atoms with Crippen LogP contribution in [0.15, 0.2) is 12.5 Å². The minimum absolute atomic E-state index is 0.152. The zero-order valence-electron chi connectivity index (χ0n) is 12.8. The van der Waals surface area contributed by atoms with Crippen molar-refractivity contribution in [1.29, 1.82) is 0 Å². The summed E-state index contributed by atoms with van der Waals surface area (Å²) in [6.07, 6.45) is 2.52. The van der Waals surface area contributed by atoms with Crippen molar-refractivity contribution in [3.63, 3.8) is 0 Å². The van der Waals surface area contributed by atoms with Gasteiger partial charge in [-0.05, 0) is 6.92 Å². The first-order valence-electron chi connectivity index (χ1n) is 6.77. The molecule has 1 saturated heterocycles. The summed E-state index contributed by atoms with van der Waals surface area (Å²) >= 11 is 0. The summed E-state index contributed by atoms with van der Waals surface area (Å²) in [6.45, 7) is 2.65. The van der Waals surface area contributed by atoms with Crippen molar-refractivity contribution in [1.82, 2.24) is 14.9 Å². The summed E-state index contributed by atoms with van der Waals surface area (Å²) in [5, 5.41) is 0. The lowest BCUT2D eigenvalue weighted by Gasteiger charge is -2.40. The van der Waals surface area contributed by atoms with Gasteiger partial charge in [0, 0.05) is 27.5 Å². The fraction of sp³-hybridized carbons (Fsp3) is 0.643. The minimum atomic E-state index is -0.234. The normalized spacial score (nSPS) is 25.6.